The maximum Gasteiger partial charge on any atom is 0.151 e. The lowest BCUT2D eigenvalue weighted by Crippen LogP contribution is -2.18. The highest BCUT2D eigenvalue weighted by Crippen LogP contribution is 2.28. The first-order valence-corrected chi connectivity index (χ1v) is 8.35. The number of nitrogens with zero attached hydrogens (tertiary/aromatic N) is 3. The predicted molar refractivity (Wildman–Crippen MR) is 89.2 cm³/mol. The van der Waals surface area contributed by atoms with Crippen LogP contribution in [0.1, 0.15) is 44.3 Å². The van der Waals surface area contributed by atoms with Gasteiger partial charge in [0.15, 0.2) is 5.82 Å². The highest BCUT2D eigenvalue weighted by Gasteiger charge is 2.23. The molecule has 0 spiro atoms. The van der Waals surface area contributed by atoms with E-state index in [0.29, 0.717) is 11.8 Å². The molecule has 1 saturated heterocycles. The van der Waals surface area contributed by atoms with Crippen LogP contribution in [0.3, 0.4) is 0 Å². The molecule has 5 heteroatoms. The summed E-state index contributed by atoms with van der Waals surface area (Å²) in [6.45, 7) is 6.00. The summed E-state index contributed by atoms with van der Waals surface area (Å²) in [5, 5.41) is 4.78. The average molecular weight is 315 g/mol. The molecule has 1 aromatic carbocycles. The van der Waals surface area contributed by atoms with Crippen molar-refractivity contribution in [3.05, 3.63) is 35.9 Å². The third-order valence-corrected chi connectivity index (χ3v) is 4.17. The van der Waals surface area contributed by atoms with Crippen molar-refractivity contribution >= 4 is 0 Å². The highest BCUT2D eigenvalue weighted by molar-refractivity contribution is 5.37. The van der Waals surface area contributed by atoms with Crippen molar-refractivity contribution in [1.82, 2.24) is 14.8 Å². The van der Waals surface area contributed by atoms with E-state index in [1.807, 2.05) is 28.9 Å². The first kappa shape index (κ1) is 16.0. The van der Waals surface area contributed by atoms with Crippen LogP contribution in [0.2, 0.25) is 0 Å². The fraction of sp³-hybridized carbons (Fsp3) is 0.556. The predicted octanol–water partition coefficient (Wildman–Crippen LogP) is 3.37. The molecule has 0 amide bonds. The summed E-state index contributed by atoms with van der Waals surface area (Å²) in [6, 6.07) is 8.00. The minimum absolute atomic E-state index is 0.416. The first-order valence-electron chi connectivity index (χ1n) is 8.35. The van der Waals surface area contributed by atoms with Gasteiger partial charge in [0.1, 0.15) is 11.6 Å². The minimum atomic E-state index is 0.416. The normalized spacial score (nSPS) is 16.0. The molecule has 0 unspecified atom stereocenters. The van der Waals surface area contributed by atoms with Crippen molar-refractivity contribution < 1.29 is 9.47 Å². The van der Waals surface area contributed by atoms with Gasteiger partial charge in [-0.2, -0.15) is 5.10 Å². The van der Waals surface area contributed by atoms with Crippen LogP contribution in [0.15, 0.2) is 24.3 Å². The average Bonchev–Trinajstić information content (AvgIpc) is 2.99. The maximum absolute atomic E-state index is 5.49. The van der Waals surface area contributed by atoms with E-state index in [9.17, 15) is 0 Å². The lowest BCUT2D eigenvalue weighted by Gasteiger charge is -2.21. The van der Waals surface area contributed by atoms with Gasteiger partial charge in [-0.05, 0) is 43.0 Å². The molecule has 0 aliphatic carbocycles. The van der Waals surface area contributed by atoms with Gasteiger partial charge in [0.05, 0.1) is 12.8 Å². The second kappa shape index (κ2) is 7.13. The Kier molecular flexibility index (Phi) is 4.96. The molecule has 2 heterocycles. The summed E-state index contributed by atoms with van der Waals surface area (Å²) in [5.41, 5.74) is 1.04. The maximum atomic E-state index is 5.49. The van der Waals surface area contributed by atoms with Gasteiger partial charge in [-0.15, -0.1) is 0 Å². The summed E-state index contributed by atoms with van der Waals surface area (Å²) in [7, 11) is 1.68. The molecule has 1 aromatic heterocycles. The Morgan fingerprint density at radius 2 is 1.91 bits per heavy atom. The first-order chi connectivity index (χ1) is 11.2. The third kappa shape index (κ3) is 3.72. The van der Waals surface area contributed by atoms with E-state index in [-0.39, 0.29) is 0 Å². The van der Waals surface area contributed by atoms with E-state index in [1.165, 1.54) is 0 Å². The summed E-state index contributed by atoms with van der Waals surface area (Å²) in [4.78, 5) is 4.86. The van der Waals surface area contributed by atoms with E-state index >= 15 is 0 Å². The van der Waals surface area contributed by atoms with Crippen LogP contribution in [0.5, 0.6) is 5.75 Å². The zero-order valence-corrected chi connectivity index (χ0v) is 14.2. The van der Waals surface area contributed by atoms with E-state index in [0.717, 1.165) is 55.6 Å². The molecule has 23 heavy (non-hydrogen) atoms. The van der Waals surface area contributed by atoms with Crippen LogP contribution in [-0.4, -0.2) is 35.1 Å². The number of hydrogen-bond acceptors (Lipinski definition) is 4. The van der Waals surface area contributed by atoms with Crippen LogP contribution >= 0.6 is 0 Å². The fourth-order valence-corrected chi connectivity index (χ4v) is 2.95. The molecule has 1 aliphatic heterocycles. The van der Waals surface area contributed by atoms with Crippen molar-refractivity contribution in [2.45, 2.75) is 39.0 Å². The SMILES string of the molecule is COc1ccc(-n2nc(CC(C)C)nc2C2CCOCC2)cc1. The van der Waals surface area contributed by atoms with Crippen LogP contribution in [0, 0.1) is 5.92 Å². The summed E-state index contributed by atoms with van der Waals surface area (Å²) >= 11 is 0. The van der Waals surface area contributed by atoms with Crippen LogP contribution in [-0.2, 0) is 11.2 Å². The van der Waals surface area contributed by atoms with Crippen LogP contribution in [0.4, 0.5) is 0 Å². The third-order valence-electron chi connectivity index (χ3n) is 4.17. The Balaban J connectivity index is 1.96. The second-order valence-corrected chi connectivity index (χ2v) is 6.48. The summed E-state index contributed by atoms with van der Waals surface area (Å²) < 4.78 is 12.7. The zero-order valence-electron chi connectivity index (χ0n) is 14.2. The topological polar surface area (TPSA) is 49.2 Å². The molecule has 0 saturated carbocycles. The fourth-order valence-electron chi connectivity index (χ4n) is 2.95. The van der Waals surface area contributed by atoms with Crippen molar-refractivity contribution in [3.8, 4) is 11.4 Å². The lowest BCUT2D eigenvalue weighted by atomic mass is 9.99. The molecular formula is C18H25N3O2. The molecule has 2 aromatic rings. The Labute approximate surface area is 137 Å². The number of aromatic nitrogens is 3. The molecule has 124 valence electrons. The number of methoxy groups -OCH3 is 1. The smallest absolute Gasteiger partial charge is 0.151 e. The van der Waals surface area contributed by atoms with Gasteiger partial charge in [-0.1, -0.05) is 13.8 Å². The van der Waals surface area contributed by atoms with Gasteiger partial charge in [0, 0.05) is 25.6 Å². The Hall–Kier alpha value is -1.88. The standard InChI is InChI=1S/C18H25N3O2/c1-13(2)12-17-19-18(14-8-10-23-11-9-14)21(20-17)15-4-6-16(22-3)7-5-15/h4-7,13-14H,8-12H2,1-3H3. The lowest BCUT2D eigenvalue weighted by molar-refractivity contribution is 0.0831. The molecule has 0 atom stereocenters. The monoisotopic (exact) mass is 315 g/mol. The van der Waals surface area contributed by atoms with Crippen molar-refractivity contribution in [3.63, 3.8) is 0 Å². The number of hydrogen-bond donors (Lipinski definition) is 0. The van der Waals surface area contributed by atoms with Gasteiger partial charge in [0.2, 0.25) is 0 Å². The van der Waals surface area contributed by atoms with Crippen molar-refractivity contribution in [2.24, 2.45) is 5.92 Å². The summed E-state index contributed by atoms with van der Waals surface area (Å²) in [6.07, 6.45) is 2.92. The number of benzene rings is 1. The Bertz CT molecular complexity index is 628. The second-order valence-electron chi connectivity index (χ2n) is 6.48. The Morgan fingerprint density at radius 1 is 1.22 bits per heavy atom. The molecule has 0 N–H and O–H groups in total. The Morgan fingerprint density at radius 3 is 2.52 bits per heavy atom. The molecule has 3 rings (SSSR count). The van der Waals surface area contributed by atoms with E-state index in [1.54, 1.807) is 7.11 Å². The molecule has 1 fully saturated rings. The van der Waals surface area contributed by atoms with E-state index in [4.69, 9.17) is 19.6 Å². The molecule has 0 radical (unpaired) electrons. The number of ether oxygens (including phenoxy) is 2. The zero-order chi connectivity index (χ0) is 16.2. The van der Waals surface area contributed by atoms with Gasteiger partial charge >= 0.3 is 0 Å². The largest absolute Gasteiger partial charge is 0.497 e. The van der Waals surface area contributed by atoms with E-state index < -0.39 is 0 Å². The van der Waals surface area contributed by atoms with Crippen LogP contribution < -0.4 is 4.74 Å². The molecule has 0 bridgehead atoms. The minimum Gasteiger partial charge on any atom is -0.497 e. The molecular weight excluding hydrogens is 290 g/mol. The highest BCUT2D eigenvalue weighted by atomic mass is 16.5. The van der Waals surface area contributed by atoms with Gasteiger partial charge in [-0.3, -0.25) is 0 Å². The van der Waals surface area contributed by atoms with E-state index in [2.05, 4.69) is 13.8 Å². The van der Waals surface area contributed by atoms with Gasteiger partial charge in [0.25, 0.3) is 0 Å². The number of rotatable bonds is 5. The van der Waals surface area contributed by atoms with Crippen LogP contribution in [0.25, 0.3) is 5.69 Å². The van der Waals surface area contributed by atoms with Crippen molar-refractivity contribution in [2.75, 3.05) is 20.3 Å². The molecule has 5 nitrogen and oxygen atoms in total. The quantitative estimate of drug-likeness (QED) is 0.849. The molecule has 1 aliphatic rings. The van der Waals surface area contributed by atoms with Crippen molar-refractivity contribution in [1.29, 1.82) is 0 Å². The van der Waals surface area contributed by atoms with Gasteiger partial charge in [-0.25, -0.2) is 9.67 Å². The summed E-state index contributed by atoms with van der Waals surface area (Å²) in [5.74, 6) is 3.80. The van der Waals surface area contributed by atoms with Gasteiger partial charge < -0.3 is 9.47 Å².